The Morgan fingerprint density at radius 3 is 2.59 bits per heavy atom. The van der Waals surface area contributed by atoms with Gasteiger partial charge in [-0.15, -0.1) is 11.3 Å². The molecule has 3 aromatic rings. The summed E-state index contributed by atoms with van der Waals surface area (Å²) < 4.78 is 12.0. The first-order chi connectivity index (χ1) is 14.2. The van der Waals surface area contributed by atoms with E-state index in [1.54, 1.807) is 18.4 Å². The van der Waals surface area contributed by atoms with Gasteiger partial charge in [-0.3, -0.25) is 9.69 Å². The lowest BCUT2D eigenvalue weighted by Gasteiger charge is -2.35. The lowest BCUT2D eigenvalue weighted by atomic mass is 10.0. The third kappa shape index (κ3) is 4.29. The quantitative estimate of drug-likeness (QED) is 0.667. The maximum Gasteiger partial charge on any atom is 0.261 e. The Balaban J connectivity index is 1.53. The highest BCUT2D eigenvalue weighted by Gasteiger charge is 2.24. The second-order valence-electron chi connectivity index (χ2n) is 7.20. The van der Waals surface area contributed by atoms with Crippen molar-refractivity contribution in [3.63, 3.8) is 0 Å². The minimum atomic E-state index is -0.00419. The van der Waals surface area contributed by atoms with Gasteiger partial charge >= 0.3 is 0 Å². The zero-order chi connectivity index (χ0) is 20.2. The van der Waals surface area contributed by atoms with Gasteiger partial charge in [0.1, 0.15) is 5.75 Å². The molecular formula is C23H26N2O3S. The molecular weight excluding hydrogens is 384 g/mol. The van der Waals surface area contributed by atoms with Gasteiger partial charge in [0, 0.05) is 24.3 Å². The first-order valence-electron chi connectivity index (χ1n) is 9.89. The van der Waals surface area contributed by atoms with Crippen LogP contribution in [0.15, 0.2) is 48.5 Å². The smallest absolute Gasteiger partial charge is 0.261 e. The van der Waals surface area contributed by atoms with Gasteiger partial charge in [0.2, 0.25) is 0 Å². The number of amides is 1. The zero-order valence-electron chi connectivity index (χ0n) is 16.8. The van der Waals surface area contributed by atoms with Crippen LogP contribution in [0, 0.1) is 6.92 Å². The van der Waals surface area contributed by atoms with Crippen LogP contribution in [0.1, 0.15) is 26.8 Å². The van der Waals surface area contributed by atoms with E-state index in [-0.39, 0.29) is 11.9 Å². The van der Waals surface area contributed by atoms with Crippen molar-refractivity contribution in [3.8, 4) is 5.75 Å². The molecule has 1 aliphatic rings. The van der Waals surface area contributed by atoms with E-state index in [2.05, 4.69) is 34.5 Å². The Bertz CT molecular complexity index is 977. The molecule has 152 valence electrons. The highest BCUT2D eigenvalue weighted by atomic mass is 32.1. The number of rotatable bonds is 6. The summed E-state index contributed by atoms with van der Waals surface area (Å²) in [5, 5.41) is 4.34. The number of aryl methyl sites for hydroxylation is 1. The molecule has 1 saturated heterocycles. The van der Waals surface area contributed by atoms with E-state index in [1.165, 1.54) is 5.56 Å². The number of thiophene rings is 1. The van der Waals surface area contributed by atoms with Crippen LogP contribution in [0.2, 0.25) is 0 Å². The molecule has 1 aromatic heterocycles. The van der Waals surface area contributed by atoms with Crippen LogP contribution in [0.25, 0.3) is 10.1 Å². The molecule has 0 spiro atoms. The molecule has 1 aliphatic heterocycles. The number of morpholine rings is 1. The third-order valence-corrected chi connectivity index (χ3v) is 6.76. The zero-order valence-corrected chi connectivity index (χ0v) is 17.6. The van der Waals surface area contributed by atoms with E-state index >= 15 is 0 Å². The Labute approximate surface area is 175 Å². The van der Waals surface area contributed by atoms with Gasteiger partial charge in [0.05, 0.1) is 31.2 Å². The van der Waals surface area contributed by atoms with Crippen molar-refractivity contribution in [2.24, 2.45) is 0 Å². The van der Waals surface area contributed by atoms with Gasteiger partial charge in [0.15, 0.2) is 0 Å². The third-order valence-electron chi connectivity index (χ3n) is 5.49. The molecule has 0 radical (unpaired) electrons. The number of nitrogens with one attached hydrogen (secondary N) is 1. The fourth-order valence-electron chi connectivity index (χ4n) is 3.83. The van der Waals surface area contributed by atoms with Crippen molar-refractivity contribution in [1.82, 2.24) is 10.2 Å². The molecule has 1 amide bonds. The maximum absolute atomic E-state index is 13.0. The number of hydrogen-bond acceptors (Lipinski definition) is 5. The Morgan fingerprint density at radius 1 is 1.17 bits per heavy atom. The summed E-state index contributed by atoms with van der Waals surface area (Å²) in [6, 6.07) is 16.4. The molecule has 1 fully saturated rings. The summed E-state index contributed by atoms with van der Waals surface area (Å²) in [5.41, 5.74) is 2.22. The summed E-state index contributed by atoms with van der Waals surface area (Å²) in [6.07, 6.45) is 0. The number of benzene rings is 2. The van der Waals surface area contributed by atoms with Crippen LogP contribution in [0.5, 0.6) is 5.75 Å². The molecule has 0 bridgehead atoms. The van der Waals surface area contributed by atoms with E-state index in [0.29, 0.717) is 6.54 Å². The number of methoxy groups -OCH3 is 1. The van der Waals surface area contributed by atoms with Crippen LogP contribution in [0.3, 0.4) is 0 Å². The number of ether oxygens (including phenoxy) is 2. The summed E-state index contributed by atoms with van der Waals surface area (Å²) in [5.74, 6) is 0.829. The van der Waals surface area contributed by atoms with Gasteiger partial charge in [-0.2, -0.15) is 0 Å². The van der Waals surface area contributed by atoms with Crippen LogP contribution in [-0.2, 0) is 4.74 Å². The molecule has 1 atom stereocenters. The SMILES string of the molecule is COc1ccc(C(CNC(=O)c2sc3ccccc3c2C)N2CCOCC2)cc1. The average molecular weight is 411 g/mol. The van der Waals surface area contributed by atoms with Crippen LogP contribution < -0.4 is 10.1 Å². The van der Waals surface area contributed by atoms with Crippen LogP contribution >= 0.6 is 11.3 Å². The fraction of sp³-hybridized carbons (Fsp3) is 0.348. The maximum atomic E-state index is 13.0. The lowest BCUT2D eigenvalue weighted by molar-refractivity contribution is 0.0162. The summed E-state index contributed by atoms with van der Waals surface area (Å²) in [4.78, 5) is 16.2. The summed E-state index contributed by atoms with van der Waals surface area (Å²) in [7, 11) is 1.67. The standard InChI is InChI=1S/C23H26N2O3S/c1-16-19-5-3-4-6-21(19)29-22(16)23(26)24-15-20(25-11-13-28-14-12-25)17-7-9-18(27-2)10-8-17/h3-10,20H,11-15H2,1-2H3,(H,24,26). The van der Waals surface area contributed by atoms with E-state index in [4.69, 9.17) is 9.47 Å². The molecule has 1 unspecified atom stereocenters. The Hall–Kier alpha value is -2.41. The predicted molar refractivity (Wildman–Crippen MR) is 117 cm³/mol. The van der Waals surface area contributed by atoms with Crippen molar-refractivity contribution >= 4 is 27.3 Å². The molecule has 1 N–H and O–H groups in total. The van der Waals surface area contributed by atoms with E-state index in [9.17, 15) is 4.79 Å². The molecule has 29 heavy (non-hydrogen) atoms. The van der Waals surface area contributed by atoms with Crippen LogP contribution in [0.4, 0.5) is 0 Å². The van der Waals surface area contributed by atoms with Crippen LogP contribution in [-0.4, -0.2) is 50.8 Å². The molecule has 4 rings (SSSR count). The van der Waals surface area contributed by atoms with Gasteiger partial charge in [0.25, 0.3) is 5.91 Å². The van der Waals surface area contributed by atoms with Gasteiger partial charge < -0.3 is 14.8 Å². The van der Waals surface area contributed by atoms with Crippen molar-refractivity contribution in [1.29, 1.82) is 0 Å². The lowest BCUT2D eigenvalue weighted by Crippen LogP contribution is -2.43. The number of hydrogen-bond donors (Lipinski definition) is 1. The first-order valence-corrected chi connectivity index (χ1v) is 10.7. The van der Waals surface area contributed by atoms with E-state index in [1.807, 2.05) is 31.2 Å². The second kappa shape index (κ2) is 8.95. The number of carbonyl (C=O) groups is 1. The van der Waals surface area contributed by atoms with Crippen molar-refractivity contribution in [2.75, 3.05) is 40.0 Å². The molecule has 0 saturated carbocycles. The van der Waals surface area contributed by atoms with Gasteiger partial charge in [-0.1, -0.05) is 30.3 Å². The topological polar surface area (TPSA) is 50.8 Å². The average Bonchev–Trinajstić information content (AvgIpc) is 3.12. The predicted octanol–water partition coefficient (Wildman–Crippen LogP) is 4.02. The largest absolute Gasteiger partial charge is 0.497 e. The molecule has 6 heteroatoms. The highest BCUT2D eigenvalue weighted by molar-refractivity contribution is 7.21. The van der Waals surface area contributed by atoms with Gasteiger partial charge in [-0.25, -0.2) is 0 Å². The molecule has 2 aromatic carbocycles. The summed E-state index contributed by atoms with van der Waals surface area (Å²) in [6.45, 7) is 5.73. The van der Waals surface area contributed by atoms with Crippen molar-refractivity contribution in [3.05, 3.63) is 64.5 Å². The minimum absolute atomic E-state index is 0.00419. The molecule has 5 nitrogen and oxygen atoms in total. The molecule has 2 heterocycles. The van der Waals surface area contributed by atoms with E-state index in [0.717, 1.165) is 52.6 Å². The Morgan fingerprint density at radius 2 is 1.90 bits per heavy atom. The first kappa shape index (κ1) is 19.9. The number of nitrogens with zero attached hydrogens (tertiary/aromatic N) is 1. The highest BCUT2D eigenvalue weighted by Crippen LogP contribution is 2.31. The normalized spacial score (nSPS) is 15.9. The number of fused-ring (bicyclic) bond motifs is 1. The van der Waals surface area contributed by atoms with Crippen molar-refractivity contribution < 1.29 is 14.3 Å². The monoisotopic (exact) mass is 410 g/mol. The van der Waals surface area contributed by atoms with E-state index < -0.39 is 0 Å². The molecule has 0 aliphatic carbocycles. The fourth-order valence-corrected chi connectivity index (χ4v) is 4.96. The Kier molecular flexibility index (Phi) is 6.13. The van der Waals surface area contributed by atoms with Crippen molar-refractivity contribution in [2.45, 2.75) is 13.0 Å². The minimum Gasteiger partial charge on any atom is -0.497 e. The van der Waals surface area contributed by atoms with Gasteiger partial charge in [-0.05, 0) is 41.6 Å². The second-order valence-corrected chi connectivity index (χ2v) is 8.25. The summed E-state index contributed by atoms with van der Waals surface area (Å²) >= 11 is 1.56. The number of carbonyl (C=O) groups excluding carboxylic acids is 1.